The minimum absolute atomic E-state index is 0.214. The van der Waals surface area contributed by atoms with Crippen molar-refractivity contribution in [2.75, 3.05) is 0 Å². The first kappa shape index (κ1) is 9.82. The van der Waals surface area contributed by atoms with Gasteiger partial charge in [-0.3, -0.25) is 4.79 Å². The van der Waals surface area contributed by atoms with Crippen LogP contribution in [-0.4, -0.2) is 21.1 Å². The van der Waals surface area contributed by atoms with E-state index in [1.165, 1.54) is 11.3 Å². The van der Waals surface area contributed by atoms with Crippen molar-refractivity contribution >= 4 is 45.2 Å². The molecule has 4 nitrogen and oxygen atoms in total. The van der Waals surface area contributed by atoms with Crippen LogP contribution in [0.25, 0.3) is 5.13 Å². The molecule has 14 heavy (non-hydrogen) atoms. The zero-order chi connectivity index (χ0) is 10.1. The Morgan fingerprint density at radius 1 is 1.64 bits per heavy atom. The van der Waals surface area contributed by atoms with Crippen molar-refractivity contribution in [3.8, 4) is 5.13 Å². The lowest BCUT2D eigenvalue weighted by molar-refractivity contribution is 0.112. The normalized spacial score (nSPS) is 10.4. The number of nitrogens with zero attached hydrogens (tertiary/aromatic N) is 3. The predicted octanol–water partition coefficient (Wildman–Crippen LogP) is 2.56. The smallest absolute Gasteiger partial charge is 0.212 e. The lowest BCUT2D eigenvalue weighted by Crippen LogP contribution is -1.91. The molecule has 0 aliphatic carbocycles. The Morgan fingerprint density at radius 2 is 2.43 bits per heavy atom. The van der Waals surface area contributed by atoms with Crippen LogP contribution >= 0.6 is 38.9 Å². The van der Waals surface area contributed by atoms with Crippen LogP contribution in [0, 0.1) is 0 Å². The molecular weight excluding hydrogens is 290 g/mol. The van der Waals surface area contributed by atoms with Crippen molar-refractivity contribution in [3.63, 3.8) is 0 Å². The molecule has 0 aliphatic heterocycles. The summed E-state index contributed by atoms with van der Waals surface area (Å²) in [6.45, 7) is 0. The van der Waals surface area contributed by atoms with E-state index in [2.05, 4.69) is 26.0 Å². The Balaban J connectivity index is 2.47. The molecule has 0 saturated heterocycles. The number of aldehydes is 1. The van der Waals surface area contributed by atoms with E-state index >= 15 is 0 Å². The van der Waals surface area contributed by atoms with E-state index < -0.39 is 0 Å². The van der Waals surface area contributed by atoms with Gasteiger partial charge in [-0.2, -0.15) is 5.10 Å². The van der Waals surface area contributed by atoms with Crippen molar-refractivity contribution < 1.29 is 4.79 Å². The number of carbonyl (C=O) groups is 1. The van der Waals surface area contributed by atoms with Crippen LogP contribution in [-0.2, 0) is 0 Å². The van der Waals surface area contributed by atoms with Crippen LogP contribution in [0.1, 0.15) is 9.67 Å². The highest BCUT2D eigenvalue weighted by molar-refractivity contribution is 9.10. The largest absolute Gasteiger partial charge is 0.297 e. The van der Waals surface area contributed by atoms with Gasteiger partial charge in [-0.15, -0.1) is 0 Å². The quantitative estimate of drug-likeness (QED) is 0.799. The highest BCUT2D eigenvalue weighted by Gasteiger charge is 2.10. The Bertz CT molecular complexity index is 481. The summed E-state index contributed by atoms with van der Waals surface area (Å²) in [5.41, 5.74) is 0. The van der Waals surface area contributed by atoms with Crippen molar-refractivity contribution in [2.45, 2.75) is 0 Å². The minimum Gasteiger partial charge on any atom is -0.297 e. The molecule has 2 rings (SSSR count). The van der Waals surface area contributed by atoms with Gasteiger partial charge in [0.1, 0.15) is 4.88 Å². The molecule has 0 saturated carbocycles. The maximum absolute atomic E-state index is 10.5. The summed E-state index contributed by atoms with van der Waals surface area (Å²) < 4.78 is 2.39. The van der Waals surface area contributed by atoms with E-state index in [9.17, 15) is 4.79 Å². The molecule has 0 unspecified atom stereocenters. The van der Waals surface area contributed by atoms with Gasteiger partial charge in [0.2, 0.25) is 5.13 Å². The highest BCUT2D eigenvalue weighted by atomic mass is 79.9. The SMILES string of the molecule is O=Cc1sc(-n2cc(Br)cn2)nc1Cl. The van der Waals surface area contributed by atoms with E-state index in [1.807, 2.05) is 0 Å². The number of aromatic nitrogens is 3. The van der Waals surface area contributed by atoms with Crippen LogP contribution in [0.5, 0.6) is 0 Å². The minimum atomic E-state index is 0.214. The van der Waals surface area contributed by atoms with Gasteiger partial charge in [0.15, 0.2) is 11.4 Å². The molecule has 7 heteroatoms. The van der Waals surface area contributed by atoms with Crippen LogP contribution in [0.4, 0.5) is 0 Å². The summed E-state index contributed by atoms with van der Waals surface area (Å²) in [5, 5.41) is 4.80. The fraction of sp³-hybridized carbons (Fsp3) is 0. The summed E-state index contributed by atoms with van der Waals surface area (Å²) in [5.74, 6) is 0. The molecule has 72 valence electrons. The van der Waals surface area contributed by atoms with E-state index in [0.29, 0.717) is 16.3 Å². The number of rotatable bonds is 2. The van der Waals surface area contributed by atoms with Gasteiger partial charge in [0.05, 0.1) is 10.7 Å². The topological polar surface area (TPSA) is 47.8 Å². The number of thiazole rings is 1. The van der Waals surface area contributed by atoms with Crippen LogP contribution in [0.15, 0.2) is 16.9 Å². The van der Waals surface area contributed by atoms with E-state index in [4.69, 9.17) is 11.6 Å². The summed E-state index contributed by atoms with van der Waals surface area (Å²) >= 11 is 10.2. The Kier molecular flexibility index (Phi) is 2.66. The molecule has 0 spiro atoms. The van der Waals surface area contributed by atoms with Crippen molar-refractivity contribution in [1.29, 1.82) is 0 Å². The molecule has 0 radical (unpaired) electrons. The van der Waals surface area contributed by atoms with Gasteiger partial charge in [-0.1, -0.05) is 22.9 Å². The summed E-state index contributed by atoms with van der Waals surface area (Å²) in [6, 6.07) is 0. The number of halogens is 2. The standard InChI is InChI=1S/C7H3BrClN3OS/c8-4-1-10-12(2-4)7-11-6(9)5(3-13)14-7/h1-3H. The number of hydrogen-bond donors (Lipinski definition) is 0. The Hall–Kier alpha value is -0.720. The molecular formula is C7H3BrClN3OS. The maximum Gasteiger partial charge on any atom is 0.212 e. The molecule has 0 aliphatic rings. The third-order valence-corrected chi connectivity index (χ3v) is 3.23. The van der Waals surface area contributed by atoms with Gasteiger partial charge >= 0.3 is 0 Å². The lowest BCUT2D eigenvalue weighted by Gasteiger charge is -1.90. The molecule has 0 amide bonds. The zero-order valence-corrected chi connectivity index (χ0v) is 9.80. The first-order valence-corrected chi connectivity index (χ1v) is 5.51. The highest BCUT2D eigenvalue weighted by Crippen LogP contribution is 2.24. The average Bonchev–Trinajstić information content (AvgIpc) is 2.71. The molecule has 0 atom stereocenters. The Morgan fingerprint density at radius 3 is 2.93 bits per heavy atom. The summed E-state index contributed by atoms with van der Waals surface area (Å²) in [6.07, 6.45) is 4.06. The number of carbonyl (C=O) groups excluding carboxylic acids is 1. The van der Waals surface area contributed by atoms with E-state index in [1.54, 1.807) is 17.1 Å². The molecule has 0 N–H and O–H groups in total. The van der Waals surface area contributed by atoms with Gasteiger partial charge in [-0.25, -0.2) is 9.67 Å². The van der Waals surface area contributed by atoms with Gasteiger partial charge < -0.3 is 0 Å². The maximum atomic E-state index is 10.5. The van der Waals surface area contributed by atoms with Crippen molar-refractivity contribution in [2.24, 2.45) is 0 Å². The molecule has 0 bridgehead atoms. The Labute approximate surface area is 96.7 Å². The molecule has 0 fully saturated rings. The molecule has 2 heterocycles. The predicted molar refractivity (Wildman–Crippen MR) is 57.3 cm³/mol. The fourth-order valence-electron chi connectivity index (χ4n) is 0.878. The molecule has 0 aromatic carbocycles. The average molecular weight is 293 g/mol. The van der Waals surface area contributed by atoms with Gasteiger partial charge in [0, 0.05) is 6.20 Å². The van der Waals surface area contributed by atoms with Crippen molar-refractivity contribution in [1.82, 2.24) is 14.8 Å². The van der Waals surface area contributed by atoms with Gasteiger partial charge in [0.25, 0.3) is 0 Å². The van der Waals surface area contributed by atoms with Gasteiger partial charge in [-0.05, 0) is 15.9 Å². The monoisotopic (exact) mass is 291 g/mol. The van der Waals surface area contributed by atoms with Crippen LogP contribution in [0.3, 0.4) is 0 Å². The molecule has 2 aromatic rings. The second-order valence-corrected chi connectivity index (χ2v) is 4.66. The summed E-state index contributed by atoms with van der Waals surface area (Å²) in [7, 11) is 0. The second kappa shape index (κ2) is 3.80. The van der Waals surface area contributed by atoms with E-state index in [0.717, 1.165) is 4.47 Å². The molecule has 2 aromatic heterocycles. The van der Waals surface area contributed by atoms with Crippen LogP contribution in [0.2, 0.25) is 5.15 Å². The third kappa shape index (κ3) is 1.73. The lowest BCUT2D eigenvalue weighted by atomic mass is 10.6. The van der Waals surface area contributed by atoms with Crippen molar-refractivity contribution in [3.05, 3.63) is 26.9 Å². The zero-order valence-electron chi connectivity index (χ0n) is 6.65. The fourth-order valence-corrected chi connectivity index (χ4v) is 2.16. The number of hydrogen-bond acceptors (Lipinski definition) is 4. The van der Waals surface area contributed by atoms with E-state index in [-0.39, 0.29) is 5.15 Å². The van der Waals surface area contributed by atoms with Crippen LogP contribution < -0.4 is 0 Å². The first-order chi connectivity index (χ1) is 6.70. The second-order valence-electron chi connectivity index (χ2n) is 2.37. The first-order valence-electron chi connectivity index (χ1n) is 3.53. The third-order valence-electron chi connectivity index (χ3n) is 1.45. The summed E-state index contributed by atoms with van der Waals surface area (Å²) in [4.78, 5) is 14.9.